The number of nitrogens with zero attached hydrogens (tertiary/aromatic N) is 4. The number of carbonyl (C=O) groups is 1. The van der Waals surface area contributed by atoms with E-state index in [1.807, 2.05) is 65.6 Å². The summed E-state index contributed by atoms with van der Waals surface area (Å²) < 4.78 is 6.09. The lowest BCUT2D eigenvalue weighted by molar-refractivity contribution is -0.138. The van der Waals surface area contributed by atoms with E-state index in [1.165, 1.54) is 12.8 Å². The highest BCUT2D eigenvalue weighted by atomic mass is 16.5. The van der Waals surface area contributed by atoms with Crippen LogP contribution >= 0.6 is 0 Å². The molecule has 3 heterocycles. The monoisotopic (exact) mass is 478 g/mol. The number of carboxylic acids is 1. The second-order valence-corrected chi connectivity index (χ2v) is 9.30. The van der Waals surface area contributed by atoms with E-state index < -0.39 is 12.0 Å². The summed E-state index contributed by atoms with van der Waals surface area (Å²) in [6, 6.07) is 18.7. The second kappa shape index (κ2) is 9.41. The molecule has 7 nitrogen and oxygen atoms in total. The quantitative estimate of drug-likeness (QED) is 0.382. The topological polar surface area (TPSA) is 88.4 Å². The summed E-state index contributed by atoms with van der Waals surface area (Å²) in [6.45, 7) is 0. The SMILES string of the molecule is O=C(O)C1Cc2cc(-c3ncc(-c4ccccn4)cn3)ccc2N1c1ccc(OC2CCCC2)cc1. The number of ether oxygens (including phenoxy) is 1. The molecule has 1 saturated carbocycles. The van der Waals surface area contributed by atoms with Gasteiger partial charge in [-0.05, 0) is 85.8 Å². The van der Waals surface area contributed by atoms with Crippen LogP contribution in [0.3, 0.4) is 0 Å². The van der Waals surface area contributed by atoms with Crippen molar-refractivity contribution >= 4 is 17.3 Å². The predicted molar refractivity (Wildman–Crippen MR) is 137 cm³/mol. The van der Waals surface area contributed by atoms with Gasteiger partial charge >= 0.3 is 5.97 Å². The maximum atomic E-state index is 12.2. The van der Waals surface area contributed by atoms with E-state index in [1.54, 1.807) is 18.6 Å². The molecule has 1 aliphatic heterocycles. The Hall–Kier alpha value is -4.26. The number of aromatic nitrogens is 3. The molecule has 1 atom stereocenters. The van der Waals surface area contributed by atoms with E-state index >= 15 is 0 Å². The molecule has 7 heteroatoms. The molecule has 2 aromatic carbocycles. The highest BCUT2D eigenvalue weighted by Crippen LogP contribution is 2.40. The van der Waals surface area contributed by atoms with E-state index in [9.17, 15) is 9.90 Å². The van der Waals surface area contributed by atoms with Gasteiger partial charge in [0, 0.05) is 47.5 Å². The van der Waals surface area contributed by atoms with Gasteiger partial charge in [-0.25, -0.2) is 14.8 Å². The van der Waals surface area contributed by atoms with Crippen molar-refractivity contribution in [3.05, 3.63) is 84.8 Å². The molecule has 180 valence electrons. The first-order valence-corrected chi connectivity index (χ1v) is 12.3. The molecule has 0 saturated heterocycles. The molecule has 0 bridgehead atoms. The zero-order valence-corrected chi connectivity index (χ0v) is 19.7. The second-order valence-electron chi connectivity index (χ2n) is 9.30. The molecule has 0 spiro atoms. The van der Waals surface area contributed by atoms with E-state index in [-0.39, 0.29) is 6.10 Å². The Bertz CT molecular complexity index is 1370. The van der Waals surface area contributed by atoms with Crippen molar-refractivity contribution in [1.29, 1.82) is 0 Å². The number of hydrogen-bond acceptors (Lipinski definition) is 6. The van der Waals surface area contributed by atoms with Crippen LogP contribution in [0.5, 0.6) is 5.75 Å². The van der Waals surface area contributed by atoms with Crippen LogP contribution in [0.25, 0.3) is 22.6 Å². The van der Waals surface area contributed by atoms with Crippen molar-refractivity contribution in [3.63, 3.8) is 0 Å². The summed E-state index contributed by atoms with van der Waals surface area (Å²) in [6.07, 6.45) is 10.6. The van der Waals surface area contributed by atoms with Gasteiger partial charge in [0.1, 0.15) is 11.8 Å². The number of aliphatic carboxylic acids is 1. The molecule has 1 N–H and O–H groups in total. The van der Waals surface area contributed by atoms with Crippen molar-refractivity contribution < 1.29 is 14.6 Å². The van der Waals surface area contributed by atoms with E-state index in [0.717, 1.165) is 52.4 Å². The first-order valence-electron chi connectivity index (χ1n) is 12.3. The van der Waals surface area contributed by atoms with Gasteiger partial charge in [-0.1, -0.05) is 6.07 Å². The molecular weight excluding hydrogens is 452 g/mol. The van der Waals surface area contributed by atoms with Crippen LogP contribution < -0.4 is 9.64 Å². The van der Waals surface area contributed by atoms with E-state index in [0.29, 0.717) is 12.2 Å². The van der Waals surface area contributed by atoms with Crippen LogP contribution in [0.2, 0.25) is 0 Å². The minimum absolute atomic E-state index is 0.286. The number of carboxylic acid groups (broad SMARTS) is 1. The van der Waals surface area contributed by atoms with Gasteiger partial charge in [0.15, 0.2) is 5.82 Å². The number of pyridine rings is 1. The Kier molecular flexibility index (Phi) is 5.81. The normalized spacial score (nSPS) is 17.2. The summed E-state index contributed by atoms with van der Waals surface area (Å²) in [5.74, 6) is 0.574. The third kappa shape index (κ3) is 4.28. The Morgan fingerprint density at radius 1 is 0.917 bits per heavy atom. The van der Waals surface area contributed by atoms with Crippen LogP contribution in [-0.2, 0) is 11.2 Å². The van der Waals surface area contributed by atoms with Crippen LogP contribution in [0.15, 0.2) is 79.3 Å². The maximum Gasteiger partial charge on any atom is 0.327 e. The van der Waals surface area contributed by atoms with Gasteiger partial charge in [-0.15, -0.1) is 0 Å². The Balaban J connectivity index is 1.26. The first kappa shape index (κ1) is 22.2. The molecule has 0 radical (unpaired) electrons. The lowest BCUT2D eigenvalue weighted by Crippen LogP contribution is -2.35. The molecule has 1 fully saturated rings. The lowest BCUT2D eigenvalue weighted by Gasteiger charge is -2.25. The third-order valence-electron chi connectivity index (χ3n) is 6.94. The summed E-state index contributed by atoms with van der Waals surface area (Å²) in [7, 11) is 0. The minimum atomic E-state index is -0.852. The lowest BCUT2D eigenvalue weighted by atomic mass is 10.1. The van der Waals surface area contributed by atoms with Crippen LogP contribution in [0.1, 0.15) is 31.2 Å². The van der Waals surface area contributed by atoms with Gasteiger partial charge in [0.05, 0.1) is 11.8 Å². The van der Waals surface area contributed by atoms with Gasteiger partial charge in [-0.3, -0.25) is 4.98 Å². The zero-order chi connectivity index (χ0) is 24.5. The average Bonchev–Trinajstić information content (AvgIpc) is 3.57. The minimum Gasteiger partial charge on any atom is -0.490 e. The van der Waals surface area contributed by atoms with Crippen LogP contribution in [0, 0.1) is 0 Å². The van der Waals surface area contributed by atoms with E-state index in [2.05, 4.69) is 15.0 Å². The Morgan fingerprint density at radius 2 is 1.69 bits per heavy atom. The maximum absolute atomic E-state index is 12.2. The van der Waals surface area contributed by atoms with Crippen LogP contribution in [-0.4, -0.2) is 38.2 Å². The van der Waals surface area contributed by atoms with Crippen molar-refractivity contribution in [2.24, 2.45) is 0 Å². The summed E-state index contributed by atoms with van der Waals surface area (Å²) in [5.41, 5.74) is 5.20. The molecule has 2 aliphatic rings. The third-order valence-corrected chi connectivity index (χ3v) is 6.94. The molecule has 36 heavy (non-hydrogen) atoms. The smallest absolute Gasteiger partial charge is 0.327 e. The fraction of sp³-hybridized carbons (Fsp3) is 0.241. The molecular formula is C29H26N4O3. The summed E-state index contributed by atoms with van der Waals surface area (Å²) in [5, 5.41) is 9.99. The number of fused-ring (bicyclic) bond motifs is 1. The highest BCUT2D eigenvalue weighted by Gasteiger charge is 2.35. The standard InChI is InChI=1S/C29H26N4O3/c34-29(35)27-16-20-15-19(28-31-17-21(18-32-28)25-7-3-4-14-30-25)8-13-26(20)33(27)22-9-11-24(12-10-22)36-23-5-1-2-6-23/h3-4,7-15,17-18,23,27H,1-2,5-6,16H2,(H,34,35). The predicted octanol–water partition coefficient (Wildman–Crippen LogP) is 5.67. The number of anilines is 2. The Labute approximate surface area is 209 Å². The fourth-order valence-corrected chi connectivity index (χ4v) is 5.13. The van der Waals surface area contributed by atoms with Crippen molar-refractivity contribution in [1.82, 2.24) is 15.0 Å². The molecule has 1 unspecified atom stereocenters. The molecule has 0 amide bonds. The fourth-order valence-electron chi connectivity index (χ4n) is 5.13. The number of benzene rings is 2. The first-order chi connectivity index (χ1) is 17.7. The molecule has 4 aromatic rings. The average molecular weight is 479 g/mol. The van der Waals surface area contributed by atoms with Crippen LogP contribution in [0.4, 0.5) is 11.4 Å². The highest BCUT2D eigenvalue weighted by molar-refractivity contribution is 5.88. The number of hydrogen-bond donors (Lipinski definition) is 1. The largest absolute Gasteiger partial charge is 0.490 e. The van der Waals surface area contributed by atoms with Crippen molar-refractivity contribution in [2.75, 3.05) is 4.90 Å². The molecule has 2 aromatic heterocycles. The Morgan fingerprint density at radius 3 is 2.39 bits per heavy atom. The van der Waals surface area contributed by atoms with E-state index in [4.69, 9.17) is 4.74 Å². The van der Waals surface area contributed by atoms with Gasteiger partial charge in [0.2, 0.25) is 0 Å². The number of rotatable bonds is 6. The molecule has 6 rings (SSSR count). The van der Waals surface area contributed by atoms with Gasteiger partial charge < -0.3 is 14.7 Å². The summed E-state index contributed by atoms with van der Waals surface area (Å²) in [4.78, 5) is 27.5. The summed E-state index contributed by atoms with van der Waals surface area (Å²) >= 11 is 0. The zero-order valence-electron chi connectivity index (χ0n) is 19.7. The van der Waals surface area contributed by atoms with Crippen molar-refractivity contribution in [3.8, 4) is 28.4 Å². The van der Waals surface area contributed by atoms with Crippen molar-refractivity contribution in [2.45, 2.75) is 44.2 Å². The van der Waals surface area contributed by atoms with Gasteiger partial charge in [0.25, 0.3) is 0 Å². The molecule has 1 aliphatic carbocycles. The van der Waals surface area contributed by atoms with Gasteiger partial charge in [-0.2, -0.15) is 0 Å².